The van der Waals surface area contributed by atoms with E-state index < -0.39 is 24.7 Å². The average Bonchev–Trinajstić information content (AvgIpc) is 2.28. The molecule has 0 aliphatic carbocycles. The fraction of sp³-hybridized carbons (Fsp3) is 0.364. The Hall–Kier alpha value is -1.24. The van der Waals surface area contributed by atoms with Crippen molar-refractivity contribution >= 4 is 21.8 Å². The van der Waals surface area contributed by atoms with Crippen LogP contribution in [0, 0.1) is 0 Å². The molecule has 0 aliphatic rings. The van der Waals surface area contributed by atoms with Gasteiger partial charge in [-0.2, -0.15) is 13.2 Å². The first-order chi connectivity index (χ1) is 8.28. The second-order valence-electron chi connectivity index (χ2n) is 3.55. The van der Waals surface area contributed by atoms with Crippen LogP contribution in [0.3, 0.4) is 0 Å². The third-order valence-corrected chi connectivity index (χ3v) is 2.49. The van der Waals surface area contributed by atoms with Gasteiger partial charge in [0.05, 0.1) is 0 Å². The fourth-order valence-corrected chi connectivity index (χ4v) is 1.37. The summed E-state index contributed by atoms with van der Waals surface area (Å²) in [6, 6.07) is 6.63. The van der Waals surface area contributed by atoms with Gasteiger partial charge in [-0.25, -0.2) is 0 Å². The zero-order valence-corrected chi connectivity index (χ0v) is 11.0. The summed E-state index contributed by atoms with van der Waals surface area (Å²) in [5.41, 5.74) is 0. The molecule has 1 aromatic carbocycles. The first-order valence-electron chi connectivity index (χ1n) is 5.04. The molecule has 1 amide bonds. The van der Waals surface area contributed by atoms with Gasteiger partial charge >= 0.3 is 6.18 Å². The van der Waals surface area contributed by atoms with Crippen molar-refractivity contribution in [2.75, 3.05) is 6.54 Å². The maximum absolute atomic E-state index is 11.9. The SMILES string of the molecule is CC(Oc1ccc(Br)cc1)C(=O)NCC(F)(F)F. The van der Waals surface area contributed by atoms with Crippen molar-refractivity contribution in [3.63, 3.8) is 0 Å². The Morgan fingerprint density at radius 2 is 1.94 bits per heavy atom. The highest BCUT2D eigenvalue weighted by atomic mass is 79.9. The van der Waals surface area contributed by atoms with Gasteiger partial charge in [-0.05, 0) is 31.2 Å². The van der Waals surface area contributed by atoms with Crippen molar-refractivity contribution in [2.24, 2.45) is 0 Å². The van der Waals surface area contributed by atoms with E-state index in [2.05, 4.69) is 15.9 Å². The zero-order valence-electron chi connectivity index (χ0n) is 9.42. The van der Waals surface area contributed by atoms with Crippen LogP contribution in [0.25, 0.3) is 0 Å². The van der Waals surface area contributed by atoms with E-state index in [1.165, 1.54) is 6.92 Å². The topological polar surface area (TPSA) is 38.3 Å². The lowest BCUT2D eigenvalue weighted by molar-refractivity contribution is -0.142. The van der Waals surface area contributed by atoms with Crippen LogP contribution in [0.15, 0.2) is 28.7 Å². The lowest BCUT2D eigenvalue weighted by atomic mass is 10.3. The minimum atomic E-state index is -4.42. The largest absolute Gasteiger partial charge is 0.481 e. The summed E-state index contributed by atoms with van der Waals surface area (Å²) in [7, 11) is 0. The Kier molecular flexibility index (Phi) is 5.01. The summed E-state index contributed by atoms with van der Waals surface area (Å²) in [6.45, 7) is 0.0215. The van der Waals surface area contributed by atoms with E-state index in [1.807, 2.05) is 0 Å². The predicted octanol–water partition coefficient (Wildman–Crippen LogP) is 2.89. The number of amides is 1. The van der Waals surface area contributed by atoms with Gasteiger partial charge in [0.25, 0.3) is 5.91 Å². The fourth-order valence-electron chi connectivity index (χ4n) is 1.10. The van der Waals surface area contributed by atoms with Crippen molar-refractivity contribution in [3.8, 4) is 5.75 Å². The Bertz CT molecular complexity index is 406. The number of benzene rings is 1. The molecular weight excluding hydrogens is 315 g/mol. The van der Waals surface area contributed by atoms with Crippen LogP contribution >= 0.6 is 15.9 Å². The molecule has 0 aromatic heterocycles. The monoisotopic (exact) mass is 325 g/mol. The molecule has 3 nitrogen and oxygen atoms in total. The van der Waals surface area contributed by atoms with Gasteiger partial charge in [0.2, 0.25) is 0 Å². The van der Waals surface area contributed by atoms with E-state index in [1.54, 1.807) is 29.6 Å². The highest BCUT2D eigenvalue weighted by Gasteiger charge is 2.29. The van der Waals surface area contributed by atoms with Crippen LogP contribution in [0.5, 0.6) is 5.75 Å². The summed E-state index contributed by atoms with van der Waals surface area (Å²) < 4.78 is 41.7. The molecule has 0 saturated heterocycles. The summed E-state index contributed by atoms with van der Waals surface area (Å²) in [4.78, 5) is 11.3. The first kappa shape index (κ1) is 14.8. The van der Waals surface area contributed by atoms with Crippen molar-refractivity contribution in [1.29, 1.82) is 0 Å². The van der Waals surface area contributed by atoms with E-state index >= 15 is 0 Å². The molecule has 0 saturated carbocycles. The quantitative estimate of drug-likeness (QED) is 0.924. The van der Waals surface area contributed by atoms with E-state index in [9.17, 15) is 18.0 Å². The van der Waals surface area contributed by atoms with Crippen LogP contribution in [0.1, 0.15) is 6.92 Å². The Labute approximate surface area is 110 Å². The van der Waals surface area contributed by atoms with Gasteiger partial charge < -0.3 is 10.1 Å². The van der Waals surface area contributed by atoms with Gasteiger partial charge in [0, 0.05) is 4.47 Å². The summed E-state index contributed by atoms with van der Waals surface area (Å²) in [5, 5.41) is 1.76. The lowest BCUT2D eigenvalue weighted by Crippen LogP contribution is -2.41. The number of carbonyl (C=O) groups is 1. The molecule has 7 heteroatoms. The minimum absolute atomic E-state index is 0.410. The number of carbonyl (C=O) groups excluding carboxylic acids is 1. The number of ether oxygens (including phenoxy) is 1. The predicted molar refractivity (Wildman–Crippen MR) is 63.3 cm³/mol. The summed E-state index contributed by atoms with van der Waals surface area (Å²) in [6.07, 6.45) is -5.42. The summed E-state index contributed by atoms with van der Waals surface area (Å²) in [5.74, 6) is -0.400. The number of hydrogen-bond donors (Lipinski definition) is 1. The lowest BCUT2D eigenvalue weighted by Gasteiger charge is -2.15. The normalized spacial score (nSPS) is 12.9. The van der Waals surface area contributed by atoms with Crippen molar-refractivity contribution < 1.29 is 22.7 Å². The number of alkyl halides is 3. The molecule has 0 bridgehead atoms. The highest BCUT2D eigenvalue weighted by molar-refractivity contribution is 9.10. The molecule has 0 spiro atoms. The molecular formula is C11H11BrF3NO2. The molecule has 0 aliphatic heterocycles. The highest BCUT2D eigenvalue weighted by Crippen LogP contribution is 2.17. The molecule has 1 N–H and O–H groups in total. The van der Waals surface area contributed by atoms with Gasteiger partial charge in [-0.1, -0.05) is 15.9 Å². The molecule has 1 unspecified atom stereocenters. The molecule has 18 heavy (non-hydrogen) atoms. The minimum Gasteiger partial charge on any atom is -0.481 e. The number of nitrogens with one attached hydrogen (secondary N) is 1. The third-order valence-electron chi connectivity index (χ3n) is 1.96. The van der Waals surface area contributed by atoms with Crippen molar-refractivity contribution in [3.05, 3.63) is 28.7 Å². The number of halogens is 4. The van der Waals surface area contributed by atoms with Crippen LogP contribution in [-0.2, 0) is 4.79 Å². The summed E-state index contributed by atoms with van der Waals surface area (Å²) >= 11 is 3.23. The van der Waals surface area contributed by atoms with E-state index in [0.29, 0.717) is 5.75 Å². The molecule has 1 aromatic rings. The molecule has 1 atom stereocenters. The average molecular weight is 326 g/mol. The molecule has 100 valence electrons. The first-order valence-corrected chi connectivity index (χ1v) is 5.84. The standard InChI is InChI=1S/C11H11BrF3NO2/c1-7(10(17)16-6-11(13,14)15)18-9-4-2-8(12)3-5-9/h2-5,7H,6H2,1H3,(H,16,17). The van der Waals surface area contributed by atoms with Gasteiger partial charge in [-0.3, -0.25) is 4.79 Å². The smallest absolute Gasteiger partial charge is 0.405 e. The zero-order chi connectivity index (χ0) is 13.8. The Balaban J connectivity index is 2.47. The molecule has 0 radical (unpaired) electrons. The molecule has 0 fully saturated rings. The third kappa shape index (κ3) is 5.39. The van der Waals surface area contributed by atoms with Gasteiger partial charge in [-0.15, -0.1) is 0 Å². The second-order valence-corrected chi connectivity index (χ2v) is 4.46. The van der Waals surface area contributed by atoms with Crippen LogP contribution < -0.4 is 10.1 Å². The second kappa shape index (κ2) is 6.08. The van der Waals surface area contributed by atoms with Crippen molar-refractivity contribution in [1.82, 2.24) is 5.32 Å². The van der Waals surface area contributed by atoms with E-state index in [0.717, 1.165) is 4.47 Å². The van der Waals surface area contributed by atoms with Crippen LogP contribution in [0.4, 0.5) is 13.2 Å². The van der Waals surface area contributed by atoms with E-state index in [-0.39, 0.29) is 0 Å². The maximum Gasteiger partial charge on any atom is 0.405 e. The maximum atomic E-state index is 11.9. The Morgan fingerprint density at radius 1 is 1.39 bits per heavy atom. The van der Waals surface area contributed by atoms with Crippen LogP contribution in [-0.4, -0.2) is 24.7 Å². The molecule has 0 heterocycles. The number of hydrogen-bond acceptors (Lipinski definition) is 2. The van der Waals surface area contributed by atoms with Gasteiger partial charge in [0.15, 0.2) is 6.10 Å². The van der Waals surface area contributed by atoms with Crippen molar-refractivity contribution in [2.45, 2.75) is 19.2 Å². The number of rotatable bonds is 4. The van der Waals surface area contributed by atoms with Gasteiger partial charge in [0.1, 0.15) is 12.3 Å². The van der Waals surface area contributed by atoms with E-state index in [4.69, 9.17) is 4.74 Å². The molecule has 1 rings (SSSR count). The Morgan fingerprint density at radius 3 is 2.44 bits per heavy atom. The van der Waals surface area contributed by atoms with Crippen LogP contribution in [0.2, 0.25) is 0 Å².